The van der Waals surface area contributed by atoms with Gasteiger partial charge in [0.15, 0.2) is 43.1 Å². The highest BCUT2D eigenvalue weighted by atomic mass is 16.8. The number of aliphatic hydroxyl groups excluding tert-OH is 1. The van der Waals surface area contributed by atoms with E-state index < -0.39 is 116 Å². The summed E-state index contributed by atoms with van der Waals surface area (Å²) in [5.74, 6) is -6.31. The molecule has 314 valence electrons. The second-order valence-corrected chi connectivity index (χ2v) is 13.2. The van der Waals surface area contributed by atoms with Gasteiger partial charge in [0.2, 0.25) is 0 Å². The monoisotopic (exact) mass is 822 g/mol. The van der Waals surface area contributed by atoms with Crippen LogP contribution >= 0.6 is 0 Å². The van der Waals surface area contributed by atoms with Crippen molar-refractivity contribution in [2.75, 3.05) is 13.2 Å². The minimum Gasteiger partial charge on any atom is -0.463 e. The average Bonchev–Trinajstić information content (AvgIpc) is 3.21. The van der Waals surface area contributed by atoms with Crippen molar-refractivity contribution in [3.63, 3.8) is 0 Å². The summed E-state index contributed by atoms with van der Waals surface area (Å²) in [5, 5.41) is 11.4. The number of hydrogen-bond donors (Lipinski definition) is 1. The number of aliphatic hydroxyl groups is 1. The van der Waals surface area contributed by atoms with E-state index in [0.717, 1.165) is 27.7 Å². The van der Waals surface area contributed by atoms with E-state index in [1.807, 2.05) is 0 Å². The van der Waals surface area contributed by atoms with Gasteiger partial charge in [0.05, 0.1) is 16.7 Å². The summed E-state index contributed by atoms with van der Waals surface area (Å²) in [7, 11) is 0. The maximum Gasteiger partial charge on any atom is 0.338 e. The lowest BCUT2D eigenvalue weighted by Crippen LogP contribution is -2.67. The van der Waals surface area contributed by atoms with Crippen LogP contribution in [0.5, 0.6) is 0 Å². The summed E-state index contributed by atoms with van der Waals surface area (Å²) in [4.78, 5) is 89.7. The Labute approximate surface area is 337 Å². The Morgan fingerprint density at radius 2 is 0.864 bits per heavy atom. The first-order chi connectivity index (χ1) is 28.2. The van der Waals surface area contributed by atoms with Gasteiger partial charge < -0.3 is 52.5 Å². The molecule has 18 heteroatoms. The van der Waals surface area contributed by atoms with E-state index in [1.165, 1.54) is 36.4 Å². The number of ether oxygens (including phenoxy) is 10. The van der Waals surface area contributed by atoms with Gasteiger partial charge in [-0.3, -0.25) is 19.2 Å². The van der Waals surface area contributed by atoms with Crippen molar-refractivity contribution in [1.82, 2.24) is 0 Å². The molecule has 1 N–H and O–H groups in total. The average molecular weight is 823 g/mol. The lowest BCUT2D eigenvalue weighted by molar-refractivity contribution is -0.355. The van der Waals surface area contributed by atoms with Crippen molar-refractivity contribution in [2.24, 2.45) is 0 Å². The zero-order chi connectivity index (χ0) is 42.6. The van der Waals surface area contributed by atoms with E-state index >= 15 is 0 Å². The van der Waals surface area contributed by atoms with Gasteiger partial charge in [-0.2, -0.15) is 0 Å². The number of benzene rings is 3. The summed E-state index contributed by atoms with van der Waals surface area (Å²) in [6.07, 6.45) is -17.4. The van der Waals surface area contributed by atoms with Gasteiger partial charge >= 0.3 is 41.8 Å². The lowest BCUT2D eigenvalue weighted by atomic mass is 9.96. The van der Waals surface area contributed by atoms with Crippen LogP contribution in [0.25, 0.3) is 0 Å². The van der Waals surface area contributed by atoms with Crippen LogP contribution in [0.2, 0.25) is 0 Å². The van der Waals surface area contributed by atoms with Crippen LogP contribution in [0, 0.1) is 0 Å². The molecule has 0 amide bonds. The molecular weight excluding hydrogens is 780 g/mol. The van der Waals surface area contributed by atoms with Crippen LogP contribution < -0.4 is 0 Å². The Hall–Kier alpha value is -6.21. The zero-order valence-electron chi connectivity index (χ0n) is 32.2. The molecule has 0 aliphatic carbocycles. The molecule has 2 aliphatic rings. The second kappa shape index (κ2) is 20.5. The number of hydrogen-bond acceptors (Lipinski definition) is 18. The third-order valence-electron chi connectivity index (χ3n) is 8.74. The molecule has 59 heavy (non-hydrogen) atoms. The zero-order valence-corrected chi connectivity index (χ0v) is 32.2. The van der Waals surface area contributed by atoms with Crippen LogP contribution in [0.4, 0.5) is 0 Å². The van der Waals surface area contributed by atoms with E-state index in [0.29, 0.717) is 0 Å². The minimum absolute atomic E-state index is 0.0275. The van der Waals surface area contributed by atoms with E-state index in [1.54, 1.807) is 54.6 Å². The smallest absolute Gasteiger partial charge is 0.338 e. The Morgan fingerprint density at radius 3 is 1.36 bits per heavy atom. The van der Waals surface area contributed by atoms with Crippen molar-refractivity contribution in [2.45, 2.75) is 89.1 Å². The molecule has 10 atom stereocenters. The molecule has 3 aromatic carbocycles. The van der Waals surface area contributed by atoms with Crippen molar-refractivity contribution >= 4 is 41.8 Å². The minimum atomic E-state index is -2.05. The Morgan fingerprint density at radius 1 is 0.458 bits per heavy atom. The fourth-order valence-corrected chi connectivity index (χ4v) is 6.25. The first-order valence-corrected chi connectivity index (χ1v) is 18.3. The normalized spacial score (nSPS) is 26.3. The lowest BCUT2D eigenvalue weighted by Gasteiger charge is -2.48. The molecule has 0 spiro atoms. The van der Waals surface area contributed by atoms with Crippen molar-refractivity contribution in [3.8, 4) is 0 Å². The summed E-state index contributed by atoms with van der Waals surface area (Å²) in [6.45, 7) is 2.88. The van der Waals surface area contributed by atoms with Gasteiger partial charge in [0.1, 0.15) is 31.5 Å². The molecule has 0 bridgehead atoms. The van der Waals surface area contributed by atoms with E-state index in [-0.39, 0.29) is 16.7 Å². The van der Waals surface area contributed by atoms with Crippen LogP contribution in [0.3, 0.4) is 0 Å². The maximum absolute atomic E-state index is 13.8. The second-order valence-electron chi connectivity index (χ2n) is 13.2. The fraction of sp³-hybridized carbons (Fsp3) is 0.390. The van der Waals surface area contributed by atoms with Gasteiger partial charge in [0.25, 0.3) is 0 Å². The quantitative estimate of drug-likeness (QED) is 0.182. The summed E-state index contributed by atoms with van der Waals surface area (Å²) < 4.78 is 57.4. The van der Waals surface area contributed by atoms with Gasteiger partial charge in [0, 0.05) is 27.7 Å². The first kappa shape index (κ1) is 43.9. The molecule has 0 radical (unpaired) electrons. The molecule has 18 nitrogen and oxygen atoms in total. The van der Waals surface area contributed by atoms with Crippen LogP contribution in [0.15, 0.2) is 91.0 Å². The summed E-state index contributed by atoms with van der Waals surface area (Å²) in [5.41, 5.74) is 0.214. The van der Waals surface area contributed by atoms with Gasteiger partial charge in [-0.25, -0.2) is 14.4 Å². The summed E-state index contributed by atoms with van der Waals surface area (Å²) in [6, 6.07) is 23.1. The number of carbonyl (C=O) groups excluding carboxylic acids is 7. The van der Waals surface area contributed by atoms with Crippen molar-refractivity contribution < 1.29 is 86.0 Å². The maximum atomic E-state index is 13.8. The molecule has 3 aromatic rings. The number of carbonyl (C=O) groups is 7. The third kappa shape index (κ3) is 11.9. The molecule has 1 unspecified atom stereocenters. The van der Waals surface area contributed by atoms with Gasteiger partial charge in [-0.15, -0.1) is 0 Å². The van der Waals surface area contributed by atoms with Crippen LogP contribution in [0.1, 0.15) is 58.8 Å². The Kier molecular flexibility index (Phi) is 15.2. The third-order valence-corrected chi connectivity index (χ3v) is 8.74. The van der Waals surface area contributed by atoms with Gasteiger partial charge in [-0.1, -0.05) is 54.6 Å². The molecule has 2 saturated heterocycles. The predicted molar refractivity (Wildman–Crippen MR) is 196 cm³/mol. The van der Waals surface area contributed by atoms with E-state index in [4.69, 9.17) is 47.4 Å². The molecule has 0 aromatic heterocycles. The van der Waals surface area contributed by atoms with Crippen LogP contribution in [-0.4, -0.2) is 122 Å². The molecule has 2 heterocycles. The predicted octanol–water partition coefficient (Wildman–Crippen LogP) is 2.48. The summed E-state index contributed by atoms with van der Waals surface area (Å²) >= 11 is 0. The molecule has 0 saturated carbocycles. The Bertz CT molecular complexity index is 1940. The first-order valence-electron chi connectivity index (χ1n) is 18.3. The molecule has 2 fully saturated rings. The molecular formula is C41H42O18. The topological polar surface area (TPSA) is 232 Å². The largest absolute Gasteiger partial charge is 0.463 e. The van der Waals surface area contributed by atoms with E-state index in [9.17, 15) is 38.7 Å². The highest BCUT2D eigenvalue weighted by Gasteiger charge is 2.57. The number of esters is 7. The SMILES string of the molecule is CC(=O)OC[C@H]1O[C@@H](O[C@H]2[C@@H](OC(=O)c3ccccc3)[C@H](OC(=O)c3ccccc3)C(O)O[C@@H]2COC(=O)c2ccccc2)[C@H](OC(C)=O)[C@@H](OC(C)=O)[C@H]1OC(C)=O. The fourth-order valence-electron chi connectivity index (χ4n) is 6.25. The highest BCUT2D eigenvalue weighted by Crippen LogP contribution is 2.35. The standard InChI is InChI=1S/C41H42O18/c1-22(42)50-20-30-31(52-23(2)43)34(53-24(3)44)36(54-25(4)45)41(56-30)59-32-29(21-51-37(46)26-14-8-5-9-15-26)55-40(49)35(58-39(48)28-18-12-7-13-19-28)33(32)57-38(47)27-16-10-6-11-17-27/h5-19,29-36,40-41,49H,20-21H2,1-4H3/t29-,30-,31+,32-,33-,34+,35+,36-,40?,41+/m1/s1. The van der Waals surface area contributed by atoms with Crippen molar-refractivity contribution in [3.05, 3.63) is 108 Å². The molecule has 5 rings (SSSR count). The van der Waals surface area contributed by atoms with Crippen LogP contribution in [-0.2, 0) is 66.5 Å². The van der Waals surface area contributed by atoms with Crippen molar-refractivity contribution in [1.29, 1.82) is 0 Å². The number of rotatable bonds is 14. The van der Waals surface area contributed by atoms with Gasteiger partial charge in [-0.05, 0) is 36.4 Å². The van der Waals surface area contributed by atoms with E-state index in [2.05, 4.69) is 0 Å². The highest BCUT2D eigenvalue weighted by molar-refractivity contribution is 5.91. The Balaban J connectivity index is 1.61. The molecule has 2 aliphatic heterocycles.